The number of hydrogen-bond acceptors (Lipinski definition) is 5. The minimum absolute atomic E-state index is 0.197. The summed E-state index contributed by atoms with van der Waals surface area (Å²) in [4.78, 5) is 28.8. The number of anilines is 2. The van der Waals surface area contributed by atoms with Crippen molar-refractivity contribution in [3.05, 3.63) is 12.4 Å². The van der Waals surface area contributed by atoms with Crippen LogP contribution in [-0.2, 0) is 4.79 Å². The summed E-state index contributed by atoms with van der Waals surface area (Å²) in [7, 11) is 0. The van der Waals surface area contributed by atoms with Gasteiger partial charge in [-0.15, -0.1) is 0 Å². The maximum atomic E-state index is 12.9. The van der Waals surface area contributed by atoms with Crippen molar-refractivity contribution in [3.8, 4) is 0 Å². The molecule has 4 heterocycles. The number of hydrogen-bond donors (Lipinski definition) is 0. The van der Waals surface area contributed by atoms with E-state index in [2.05, 4.69) is 30.7 Å². The first-order chi connectivity index (χ1) is 13.3. The van der Waals surface area contributed by atoms with E-state index in [1.165, 1.54) is 44.9 Å². The van der Waals surface area contributed by atoms with Gasteiger partial charge in [0.1, 0.15) is 18.0 Å². The van der Waals surface area contributed by atoms with Crippen LogP contribution in [0.3, 0.4) is 0 Å². The molecule has 1 amide bonds. The standard InChI is InChI=1S/C21H33N5O/c27-21(26-12-4-1-2-5-13-26)18-8-14-25(15-9-18)20-16-19(22-17-23-20)24-10-6-3-7-11-24/h16-18H,1-15H2. The van der Waals surface area contributed by atoms with Crippen LogP contribution in [0.4, 0.5) is 11.6 Å². The zero-order chi connectivity index (χ0) is 18.5. The Morgan fingerprint density at radius 2 is 1.26 bits per heavy atom. The van der Waals surface area contributed by atoms with Crippen LogP contribution in [0.15, 0.2) is 12.4 Å². The highest BCUT2D eigenvalue weighted by Gasteiger charge is 2.29. The molecule has 0 N–H and O–H groups in total. The number of nitrogens with zero attached hydrogens (tertiary/aromatic N) is 5. The molecule has 0 bridgehead atoms. The smallest absolute Gasteiger partial charge is 0.225 e. The van der Waals surface area contributed by atoms with Gasteiger partial charge in [-0.2, -0.15) is 0 Å². The molecule has 0 radical (unpaired) electrons. The van der Waals surface area contributed by atoms with Gasteiger partial charge in [0.15, 0.2) is 0 Å². The average molecular weight is 372 g/mol. The minimum atomic E-state index is 0.197. The van der Waals surface area contributed by atoms with E-state index in [4.69, 9.17) is 0 Å². The zero-order valence-electron chi connectivity index (χ0n) is 16.5. The zero-order valence-corrected chi connectivity index (χ0v) is 16.5. The molecule has 0 atom stereocenters. The highest BCUT2D eigenvalue weighted by Crippen LogP contribution is 2.27. The molecule has 0 unspecified atom stereocenters. The molecule has 3 fully saturated rings. The molecule has 0 saturated carbocycles. The molecule has 4 rings (SSSR count). The molecule has 0 aliphatic carbocycles. The van der Waals surface area contributed by atoms with Gasteiger partial charge in [0.05, 0.1) is 0 Å². The molecule has 0 aromatic carbocycles. The fourth-order valence-electron chi connectivity index (χ4n) is 4.71. The third-order valence-electron chi connectivity index (χ3n) is 6.40. The molecule has 6 nitrogen and oxygen atoms in total. The number of rotatable bonds is 3. The maximum absolute atomic E-state index is 12.9. The van der Waals surface area contributed by atoms with Gasteiger partial charge in [0, 0.05) is 51.3 Å². The number of aromatic nitrogens is 2. The highest BCUT2D eigenvalue weighted by atomic mass is 16.2. The lowest BCUT2D eigenvalue weighted by atomic mass is 9.95. The highest BCUT2D eigenvalue weighted by molar-refractivity contribution is 5.79. The van der Waals surface area contributed by atoms with Gasteiger partial charge >= 0.3 is 0 Å². The molecular weight excluding hydrogens is 338 g/mol. The SMILES string of the molecule is O=C(C1CCN(c2cc(N3CCCCC3)ncn2)CC1)N1CCCCCC1. The van der Waals surface area contributed by atoms with E-state index in [0.29, 0.717) is 5.91 Å². The van der Waals surface area contributed by atoms with Crippen LogP contribution in [0.1, 0.15) is 57.8 Å². The Balaban J connectivity index is 1.34. The number of amides is 1. The van der Waals surface area contributed by atoms with Crippen LogP contribution in [0.5, 0.6) is 0 Å². The van der Waals surface area contributed by atoms with Gasteiger partial charge < -0.3 is 14.7 Å². The van der Waals surface area contributed by atoms with Crippen molar-refractivity contribution in [2.24, 2.45) is 5.92 Å². The molecule has 0 spiro atoms. The average Bonchev–Trinajstić information content (AvgIpc) is 3.04. The minimum Gasteiger partial charge on any atom is -0.356 e. The Labute approximate surface area is 162 Å². The predicted molar refractivity (Wildman–Crippen MR) is 108 cm³/mol. The maximum Gasteiger partial charge on any atom is 0.225 e. The van der Waals surface area contributed by atoms with E-state index < -0.39 is 0 Å². The van der Waals surface area contributed by atoms with Crippen molar-refractivity contribution in [2.75, 3.05) is 49.1 Å². The second-order valence-electron chi connectivity index (χ2n) is 8.28. The van der Waals surface area contributed by atoms with Crippen LogP contribution in [-0.4, -0.2) is 60.0 Å². The lowest BCUT2D eigenvalue weighted by Gasteiger charge is -2.35. The lowest BCUT2D eigenvalue weighted by molar-refractivity contribution is -0.136. The second-order valence-corrected chi connectivity index (χ2v) is 8.28. The molecule has 27 heavy (non-hydrogen) atoms. The number of likely N-dealkylation sites (tertiary alicyclic amines) is 1. The number of carbonyl (C=O) groups is 1. The first-order valence-electron chi connectivity index (χ1n) is 10.9. The normalized spacial score (nSPS) is 22.6. The Kier molecular flexibility index (Phi) is 6.10. The summed E-state index contributed by atoms with van der Waals surface area (Å²) in [5.41, 5.74) is 0. The van der Waals surface area contributed by atoms with Crippen molar-refractivity contribution < 1.29 is 4.79 Å². The van der Waals surface area contributed by atoms with E-state index in [1.54, 1.807) is 6.33 Å². The first-order valence-corrected chi connectivity index (χ1v) is 10.9. The number of carbonyl (C=O) groups excluding carboxylic acids is 1. The van der Waals surface area contributed by atoms with Gasteiger partial charge in [-0.1, -0.05) is 12.8 Å². The van der Waals surface area contributed by atoms with Crippen LogP contribution in [0, 0.1) is 5.92 Å². The largest absolute Gasteiger partial charge is 0.356 e. The molecule has 148 valence electrons. The van der Waals surface area contributed by atoms with E-state index >= 15 is 0 Å². The van der Waals surface area contributed by atoms with Gasteiger partial charge in [-0.25, -0.2) is 9.97 Å². The van der Waals surface area contributed by atoms with Gasteiger partial charge in [0.25, 0.3) is 0 Å². The fourth-order valence-corrected chi connectivity index (χ4v) is 4.71. The summed E-state index contributed by atoms with van der Waals surface area (Å²) in [6, 6.07) is 2.14. The topological polar surface area (TPSA) is 52.6 Å². The van der Waals surface area contributed by atoms with E-state index in [1.807, 2.05) is 0 Å². The second kappa shape index (κ2) is 8.89. The molecule has 6 heteroatoms. The fraction of sp³-hybridized carbons (Fsp3) is 0.762. The van der Waals surface area contributed by atoms with Crippen LogP contribution >= 0.6 is 0 Å². The van der Waals surface area contributed by atoms with E-state index in [9.17, 15) is 4.79 Å². The van der Waals surface area contributed by atoms with Gasteiger partial charge in [-0.3, -0.25) is 4.79 Å². The Bertz CT molecular complexity index is 615. The third-order valence-corrected chi connectivity index (χ3v) is 6.40. The van der Waals surface area contributed by atoms with Crippen molar-refractivity contribution in [1.82, 2.24) is 14.9 Å². The molecular formula is C21H33N5O. The number of piperidine rings is 2. The summed E-state index contributed by atoms with van der Waals surface area (Å²) in [5, 5.41) is 0. The van der Waals surface area contributed by atoms with Crippen molar-refractivity contribution in [2.45, 2.75) is 57.8 Å². The Morgan fingerprint density at radius 1 is 0.741 bits per heavy atom. The third kappa shape index (κ3) is 4.53. The summed E-state index contributed by atoms with van der Waals surface area (Å²) in [6.45, 7) is 5.96. The Morgan fingerprint density at radius 3 is 1.89 bits per heavy atom. The monoisotopic (exact) mass is 371 g/mol. The van der Waals surface area contributed by atoms with Crippen LogP contribution in [0.2, 0.25) is 0 Å². The van der Waals surface area contributed by atoms with Gasteiger partial charge in [0.2, 0.25) is 5.91 Å². The van der Waals surface area contributed by atoms with Crippen molar-refractivity contribution in [3.63, 3.8) is 0 Å². The van der Waals surface area contributed by atoms with Crippen molar-refractivity contribution >= 4 is 17.5 Å². The van der Waals surface area contributed by atoms with E-state index in [0.717, 1.165) is 63.7 Å². The van der Waals surface area contributed by atoms with Crippen LogP contribution < -0.4 is 9.80 Å². The summed E-state index contributed by atoms with van der Waals surface area (Å²) in [5.74, 6) is 2.67. The molecule has 1 aromatic heterocycles. The van der Waals surface area contributed by atoms with Gasteiger partial charge in [-0.05, 0) is 44.9 Å². The lowest BCUT2D eigenvalue weighted by Crippen LogP contribution is -2.43. The molecule has 3 aliphatic rings. The van der Waals surface area contributed by atoms with Crippen molar-refractivity contribution in [1.29, 1.82) is 0 Å². The van der Waals surface area contributed by atoms with Crippen LogP contribution in [0.25, 0.3) is 0 Å². The molecule has 3 aliphatic heterocycles. The predicted octanol–water partition coefficient (Wildman–Crippen LogP) is 3.09. The molecule has 1 aromatic rings. The summed E-state index contributed by atoms with van der Waals surface area (Å²) < 4.78 is 0. The van der Waals surface area contributed by atoms with E-state index in [-0.39, 0.29) is 5.92 Å². The quantitative estimate of drug-likeness (QED) is 0.817. The Hall–Kier alpha value is -1.85. The first kappa shape index (κ1) is 18.5. The summed E-state index contributed by atoms with van der Waals surface area (Å²) in [6.07, 6.45) is 12.3. The summed E-state index contributed by atoms with van der Waals surface area (Å²) >= 11 is 0. The molecule has 3 saturated heterocycles.